The van der Waals surface area contributed by atoms with Gasteiger partial charge >= 0.3 is 12.4 Å². The quantitative estimate of drug-likeness (QED) is 0.532. The summed E-state index contributed by atoms with van der Waals surface area (Å²) in [6.45, 7) is 5.65. The third-order valence-electron chi connectivity index (χ3n) is 4.16. The second kappa shape index (κ2) is 6.39. The van der Waals surface area contributed by atoms with Gasteiger partial charge in [0.25, 0.3) is 0 Å². The average molecular weight is 402 g/mol. The maximum absolute atomic E-state index is 12.9. The van der Waals surface area contributed by atoms with E-state index in [1.807, 2.05) is 31.0 Å². The van der Waals surface area contributed by atoms with Gasteiger partial charge in [-0.05, 0) is 41.3 Å². The molecule has 150 valence electrons. The number of alkyl halides is 6. The molecule has 3 aromatic rings. The van der Waals surface area contributed by atoms with Crippen molar-refractivity contribution in [3.05, 3.63) is 47.3 Å². The molecule has 4 nitrogen and oxygen atoms in total. The van der Waals surface area contributed by atoms with Gasteiger partial charge in [0.1, 0.15) is 11.4 Å². The molecule has 0 fully saturated rings. The molecule has 10 heteroatoms. The lowest BCUT2D eigenvalue weighted by Gasteiger charge is -2.20. The number of nitrogens with zero attached hydrogens (tertiary/aromatic N) is 2. The van der Waals surface area contributed by atoms with E-state index in [-0.39, 0.29) is 11.4 Å². The van der Waals surface area contributed by atoms with Crippen molar-refractivity contribution >= 4 is 0 Å². The highest BCUT2D eigenvalue weighted by Gasteiger charge is 2.34. The molecule has 0 aliphatic carbocycles. The first-order chi connectivity index (χ1) is 12.7. The summed E-state index contributed by atoms with van der Waals surface area (Å²) in [6, 6.07) is 6.50. The molecule has 2 heterocycles. The van der Waals surface area contributed by atoms with Gasteiger partial charge in [-0.15, -0.1) is 0 Å². The minimum absolute atomic E-state index is 0.0336. The van der Waals surface area contributed by atoms with Crippen molar-refractivity contribution < 1.29 is 26.3 Å². The highest BCUT2D eigenvalue weighted by molar-refractivity contribution is 5.71. The summed E-state index contributed by atoms with van der Waals surface area (Å²) in [5, 5.41) is 11.3. The van der Waals surface area contributed by atoms with Gasteiger partial charge < -0.3 is 0 Å². The molecule has 0 radical (unpaired) electrons. The summed E-state index contributed by atoms with van der Waals surface area (Å²) in [5.41, 5.74) is -0.965. The van der Waals surface area contributed by atoms with Crippen LogP contribution in [0.25, 0.3) is 22.5 Å². The zero-order valence-corrected chi connectivity index (χ0v) is 15.0. The molecular formula is C18H16F6N4. The summed E-state index contributed by atoms with van der Waals surface area (Å²) in [7, 11) is 0. The Morgan fingerprint density at radius 3 is 1.32 bits per heavy atom. The van der Waals surface area contributed by atoms with Crippen LogP contribution in [-0.2, 0) is 17.8 Å². The summed E-state index contributed by atoms with van der Waals surface area (Å²) < 4.78 is 77.1. The van der Waals surface area contributed by atoms with E-state index < -0.39 is 29.2 Å². The molecule has 0 bridgehead atoms. The van der Waals surface area contributed by atoms with Crippen LogP contribution in [0.3, 0.4) is 0 Å². The molecular weight excluding hydrogens is 386 g/mol. The number of hydrogen-bond donors (Lipinski definition) is 2. The molecule has 1 aromatic carbocycles. The fourth-order valence-corrected chi connectivity index (χ4v) is 2.59. The zero-order chi connectivity index (χ0) is 20.9. The maximum Gasteiger partial charge on any atom is 0.432 e. The summed E-state index contributed by atoms with van der Waals surface area (Å²) in [4.78, 5) is 0. The molecule has 2 N–H and O–H groups in total. The molecule has 0 spiro atoms. The number of benzene rings is 1. The molecule has 0 unspecified atom stereocenters. The van der Waals surface area contributed by atoms with E-state index in [0.29, 0.717) is 16.7 Å². The van der Waals surface area contributed by atoms with Crippen LogP contribution in [-0.4, -0.2) is 20.4 Å². The third kappa shape index (κ3) is 4.05. The molecule has 2 aromatic heterocycles. The maximum atomic E-state index is 12.9. The predicted molar refractivity (Wildman–Crippen MR) is 90.3 cm³/mol. The molecule has 3 rings (SSSR count). The van der Waals surface area contributed by atoms with Gasteiger partial charge in [-0.2, -0.15) is 36.5 Å². The van der Waals surface area contributed by atoms with Gasteiger partial charge in [0.2, 0.25) is 0 Å². The summed E-state index contributed by atoms with van der Waals surface area (Å²) in [5.74, 6) is 0. The van der Waals surface area contributed by atoms with Crippen LogP contribution in [0.2, 0.25) is 0 Å². The second-order valence-electron chi connectivity index (χ2n) is 7.38. The fourth-order valence-electron chi connectivity index (χ4n) is 2.59. The highest BCUT2D eigenvalue weighted by Crippen LogP contribution is 2.36. The Morgan fingerprint density at radius 2 is 1.04 bits per heavy atom. The fraction of sp³-hybridized carbons (Fsp3) is 0.333. The monoisotopic (exact) mass is 402 g/mol. The van der Waals surface area contributed by atoms with E-state index in [4.69, 9.17) is 0 Å². The lowest BCUT2D eigenvalue weighted by molar-refractivity contribution is -0.142. The highest BCUT2D eigenvalue weighted by atomic mass is 19.4. The SMILES string of the molecule is CC(C)(C)c1cc(-c2cc(C(F)(F)F)[nH]n2)cc(-c2cc(C(F)(F)F)[nH]n2)c1. The Morgan fingerprint density at radius 1 is 0.643 bits per heavy atom. The van der Waals surface area contributed by atoms with E-state index in [2.05, 4.69) is 10.2 Å². The Labute approximate surface area is 156 Å². The number of rotatable bonds is 2. The van der Waals surface area contributed by atoms with Gasteiger partial charge in [0, 0.05) is 11.1 Å². The van der Waals surface area contributed by atoms with Crippen molar-refractivity contribution in [3.8, 4) is 22.5 Å². The van der Waals surface area contributed by atoms with Crippen LogP contribution in [0.1, 0.15) is 37.7 Å². The average Bonchev–Trinajstić information content (AvgIpc) is 3.22. The van der Waals surface area contributed by atoms with Crippen molar-refractivity contribution in [2.24, 2.45) is 0 Å². The number of H-pyrrole nitrogens is 2. The van der Waals surface area contributed by atoms with Crippen molar-refractivity contribution in [3.63, 3.8) is 0 Å². The van der Waals surface area contributed by atoms with Crippen molar-refractivity contribution in [2.45, 2.75) is 38.5 Å². The lowest BCUT2D eigenvalue weighted by atomic mass is 9.84. The van der Waals surface area contributed by atoms with Gasteiger partial charge in [-0.25, -0.2) is 0 Å². The minimum Gasteiger partial charge on any atom is -0.273 e. The van der Waals surface area contributed by atoms with Gasteiger partial charge in [-0.3, -0.25) is 10.2 Å². The van der Waals surface area contributed by atoms with Crippen LogP contribution in [0.5, 0.6) is 0 Å². The zero-order valence-electron chi connectivity index (χ0n) is 15.0. The largest absolute Gasteiger partial charge is 0.432 e. The van der Waals surface area contributed by atoms with Crippen LogP contribution >= 0.6 is 0 Å². The van der Waals surface area contributed by atoms with E-state index in [9.17, 15) is 26.3 Å². The van der Waals surface area contributed by atoms with Gasteiger partial charge in [0.15, 0.2) is 0 Å². The molecule has 0 aliphatic rings. The van der Waals surface area contributed by atoms with E-state index >= 15 is 0 Å². The second-order valence-corrected chi connectivity index (χ2v) is 7.38. The molecule has 0 atom stereocenters. The molecule has 0 saturated carbocycles. The number of aromatic nitrogens is 4. The van der Waals surface area contributed by atoms with E-state index in [1.54, 1.807) is 12.1 Å². The predicted octanol–water partition coefficient (Wildman–Crippen LogP) is 5.80. The Bertz CT molecular complexity index is 918. The van der Waals surface area contributed by atoms with Crippen LogP contribution in [0.4, 0.5) is 26.3 Å². The number of halogens is 6. The standard InChI is InChI=1S/C18H16F6N4/c1-16(2,3)11-5-9(12-7-14(27-25-12)17(19,20)21)4-10(6-11)13-8-15(28-26-13)18(22,23)24/h4-8H,1-3H3,(H,25,27)(H,26,28). The third-order valence-corrected chi connectivity index (χ3v) is 4.16. The number of aromatic amines is 2. The Hall–Kier alpha value is -2.78. The number of nitrogens with one attached hydrogen (secondary N) is 2. The van der Waals surface area contributed by atoms with Crippen LogP contribution in [0.15, 0.2) is 30.3 Å². The molecule has 0 amide bonds. The van der Waals surface area contributed by atoms with Crippen molar-refractivity contribution in [1.82, 2.24) is 20.4 Å². The van der Waals surface area contributed by atoms with Gasteiger partial charge in [-0.1, -0.05) is 20.8 Å². The number of hydrogen-bond acceptors (Lipinski definition) is 2. The molecule has 0 saturated heterocycles. The summed E-state index contributed by atoms with van der Waals surface area (Å²) in [6.07, 6.45) is -9.17. The lowest BCUT2D eigenvalue weighted by Crippen LogP contribution is -2.11. The molecule has 0 aliphatic heterocycles. The van der Waals surface area contributed by atoms with Crippen molar-refractivity contribution in [2.75, 3.05) is 0 Å². The first-order valence-electron chi connectivity index (χ1n) is 8.17. The van der Waals surface area contributed by atoms with E-state index in [1.165, 1.54) is 6.07 Å². The Kier molecular flexibility index (Phi) is 4.55. The normalized spacial score (nSPS) is 13.2. The first-order valence-corrected chi connectivity index (χ1v) is 8.17. The van der Waals surface area contributed by atoms with E-state index in [0.717, 1.165) is 12.1 Å². The van der Waals surface area contributed by atoms with Gasteiger partial charge in [0.05, 0.1) is 11.4 Å². The topological polar surface area (TPSA) is 57.4 Å². The van der Waals surface area contributed by atoms with Crippen LogP contribution < -0.4 is 0 Å². The Balaban J connectivity index is 2.13. The minimum atomic E-state index is -4.58. The first kappa shape index (κ1) is 20.0. The van der Waals surface area contributed by atoms with Crippen LogP contribution in [0, 0.1) is 0 Å². The molecule has 28 heavy (non-hydrogen) atoms. The smallest absolute Gasteiger partial charge is 0.273 e. The summed E-state index contributed by atoms with van der Waals surface area (Å²) >= 11 is 0. The van der Waals surface area contributed by atoms with Crippen molar-refractivity contribution in [1.29, 1.82) is 0 Å².